The van der Waals surface area contributed by atoms with Gasteiger partial charge in [0.25, 0.3) is 0 Å². The summed E-state index contributed by atoms with van der Waals surface area (Å²) in [5, 5.41) is 3.40. The van der Waals surface area contributed by atoms with Gasteiger partial charge in [-0.1, -0.05) is 49.9 Å². The minimum absolute atomic E-state index is 0.0414. The van der Waals surface area contributed by atoms with Gasteiger partial charge in [0.1, 0.15) is 0 Å². The molecule has 1 rings (SSSR count). The first-order valence-corrected chi connectivity index (χ1v) is 8.49. The van der Waals surface area contributed by atoms with Crippen molar-refractivity contribution in [2.75, 3.05) is 26.8 Å². The molecule has 4 nitrogen and oxygen atoms in total. The van der Waals surface area contributed by atoms with Crippen molar-refractivity contribution in [3.63, 3.8) is 0 Å². The summed E-state index contributed by atoms with van der Waals surface area (Å²) in [5.74, 6) is 0. The van der Waals surface area contributed by atoms with Crippen LogP contribution in [0.25, 0.3) is 0 Å². The first kappa shape index (κ1) is 20.3. The normalized spacial score (nSPS) is 13.3. The van der Waals surface area contributed by atoms with E-state index in [0.29, 0.717) is 13.2 Å². The lowest BCUT2D eigenvalue weighted by Crippen LogP contribution is -2.33. The Morgan fingerprint density at radius 1 is 1.33 bits per heavy atom. The van der Waals surface area contributed by atoms with Crippen LogP contribution in [-0.4, -0.2) is 38.6 Å². The van der Waals surface area contributed by atoms with Gasteiger partial charge >= 0.3 is 0 Å². The average molecular weight is 330 g/mol. The molecule has 0 saturated heterocycles. The number of nitrogens with one attached hydrogen (secondary N) is 1. The summed E-state index contributed by atoms with van der Waals surface area (Å²) in [6.45, 7) is 8.55. The highest BCUT2D eigenvalue weighted by Gasteiger charge is 2.07. The summed E-state index contributed by atoms with van der Waals surface area (Å²) in [4.78, 5) is 4.28. The molecule has 0 fully saturated rings. The van der Waals surface area contributed by atoms with Gasteiger partial charge in [-0.05, 0) is 18.1 Å². The topological polar surface area (TPSA) is 42.9 Å². The molecule has 132 valence electrons. The SMILES string of the molecule is C=CN=C(C=CCC)CCNCC(COCc1ccccc1)OC. The summed E-state index contributed by atoms with van der Waals surface area (Å²) in [5.41, 5.74) is 2.21. The van der Waals surface area contributed by atoms with Crippen LogP contribution in [0.5, 0.6) is 0 Å². The number of rotatable bonds is 13. The number of nitrogens with zero attached hydrogens (tertiary/aromatic N) is 1. The van der Waals surface area contributed by atoms with Gasteiger partial charge in [0.15, 0.2) is 0 Å². The van der Waals surface area contributed by atoms with E-state index in [1.54, 1.807) is 13.3 Å². The molecule has 0 heterocycles. The molecule has 1 aromatic rings. The molecule has 0 aliphatic heterocycles. The van der Waals surface area contributed by atoms with Crippen molar-refractivity contribution in [1.82, 2.24) is 5.32 Å². The molecule has 4 heteroatoms. The van der Waals surface area contributed by atoms with Gasteiger partial charge in [0, 0.05) is 38.5 Å². The third-order valence-electron chi connectivity index (χ3n) is 3.48. The Bertz CT molecular complexity index is 498. The Morgan fingerprint density at radius 2 is 2.12 bits per heavy atom. The Hall–Kier alpha value is -1.75. The first-order chi connectivity index (χ1) is 11.8. The van der Waals surface area contributed by atoms with Gasteiger partial charge in [0.05, 0.1) is 19.3 Å². The van der Waals surface area contributed by atoms with Crippen LogP contribution in [0.4, 0.5) is 0 Å². The second-order valence-corrected chi connectivity index (χ2v) is 5.43. The molecule has 0 aromatic heterocycles. The first-order valence-electron chi connectivity index (χ1n) is 8.49. The lowest BCUT2D eigenvalue weighted by atomic mass is 10.2. The minimum Gasteiger partial charge on any atom is -0.378 e. The van der Waals surface area contributed by atoms with Crippen LogP contribution in [0.15, 0.2) is 60.3 Å². The van der Waals surface area contributed by atoms with Crippen LogP contribution in [-0.2, 0) is 16.1 Å². The van der Waals surface area contributed by atoms with E-state index < -0.39 is 0 Å². The second-order valence-electron chi connectivity index (χ2n) is 5.43. The molecule has 0 spiro atoms. The Balaban J connectivity index is 2.22. The molecule has 1 unspecified atom stereocenters. The Morgan fingerprint density at radius 3 is 2.79 bits per heavy atom. The van der Waals surface area contributed by atoms with Gasteiger partial charge < -0.3 is 14.8 Å². The molecule has 0 aliphatic carbocycles. The second kappa shape index (κ2) is 13.7. The van der Waals surface area contributed by atoms with E-state index in [0.717, 1.165) is 31.6 Å². The van der Waals surface area contributed by atoms with Crippen molar-refractivity contribution in [3.05, 3.63) is 60.8 Å². The molecule has 0 aliphatic rings. The molecule has 0 saturated carbocycles. The minimum atomic E-state index is 0.0414. The number of benzene rings is 1. The predicted molar refractivity (Wildman–Crippen MR) is 101 cm³/mol. The maximum atomic E-state index is 5.73. The van der Waals surface area contributed by atoms with E-state index in [2.05, 4.69) is 48.1 Å². The van der Waals surface area contributed by atoms with Crippen LogP contribution >= 0.6 is 0 Å². The summed E-state index contributed by atoms with van der Waals surface area (Å²) in [6, 6.07) is 10.2. The third-order valence-corrected chi connectivity index (χ3v) is 3.48. The maximum absolute atomic E-state index is 5.73. The van der Waals surface area contributed by atoms with Gasteiger partial charge in [0.2, 0.25) is 0 Å². The van der Waals surface area contributed by atoms with Crippen molar-refractivity contribution >= 4 is 5.71 Å². The number of allylic oxidation sites excluding steroid dienone is 2. The fourth-order valence-electron chi connectivity index (χ4n) is 2.13. The van der Waals surface area contributed by atoms with E-state index in [1.165, 1.54) is 5.56 Å². The van der Waals surface area contributed by atoms with E-state index in [-0.39, 0.29) is 6.10 Å². The summed E-state index contributed by atoms with van der Waals surface area (Å²) >= 11 is 0. The lowest BCUT2D eigenvalue weighted by Gasteiger charge is -2.16. The van der Waals surface area contributed by atoms with Crippen molar-refractivity contribution in [2.45, 2.75) is 32.5 Å². The lowest BCUT2D eigenvalue weighted by molar-refractivity contribution is 0.00298. The van der Waals surface area contributed by atoms with E-state index >= 15 is 0 Å². The zero-order chi connectivity index (χ0) is 17.5. The fraction of sp³-hybridized carbons (Fsp3) is 0.450. The standard InChI is InChI=1S/C20H30N2O2/c1-4-6-12-19(22-5-2)13-14-21-15-20(23-3)17-24-16-18-10-8-7-9-11-18/h5-12,20-21H,2,4,13-17H2,1,3H3. The maximum Gasteiger partial charge on any atom is 0.0928 e. The summed E-state index contributed by atoms with van der Waals surface area (Å²) < 4.78 is 11.2. The number of ether oxygens (including phenoxy) is 2. The molecule has 1 atom stereocenters. The van der Waals surface area contributed by atoms with E-state index in [1.807, 2.05) is 18.2 Å². The predicted octanol–water partition coefficient (Wildman–Crippen LogP) is 3.75. The Kier molecular flexibility index (Phi) is 11.6. The highest BCUT2D eigenvalue weighted by molar-refractivity contribution is 5.95. The van der Waals surface area contributed by atoms with Crippen molar-refractivity contribution in [2.24, 2.45) is 4.99 Å². The molecular formula is C20H30N2O2. The summed E-state index contributed by atoms with van der Waals surface area (Å²) in [7, 11) is 1.72. The largest absolute Gasteiger partial charge is 0.378 e. The van der Waals surface area contributed by atoms with E-state index in [4.69, 9.17) is 9.47 Å². The monoisotopic (exact) mass is 330 g/mol. The molecular weight excluding hydrogens is 300 g/mol. The zero-order valence-corrected chi connectivity index (χ0v) is 14.9. The van der Waals surface area contributed by atoms with Crippen molar-refractivity contribution in [1.29, 1.82) is 0 Å². The molecule has 1 aromatic carbocycles. The number of hydrogen-bond acceptors (Lipinski definition) is 4. The van der Waals surface area contributed by atoms with E-state index in [9.17, 15) is 0 Å². The summed E-state index contributed by atoms with van der Waals surface area (Å²) in [6.07, 6.45) is 7.67. The van der Waals surface area contributed by atoms with Gasteiger partial charge in [-0.25, -0.2) is 0 Å². The highest BCUT2D eigenvalue weighted by Crippen LogP contribution is 2.02. The quantitative estimate of drug-likeness (QED) is 0.442. The van der Waals surface area contributed by atoms with Gasteiger partial charge in [-0.2, -0.15) is 0 Å². The molecule has 1 N–H and O–H groups in total. The highest BCUT2D eigenvalue weighted by atomic mass is 16.5. The fourth-order valence-corrected chi connectivity index (χ4v) is 2.13. The number of hydrogen-bond donors (Lipinski definition) is 1. The molecule has 0 amide bonds. The zero-order valence-electron chi connectivity index (χ0n) is 14.9. The van der Waals surface area contributed by atoms with Crippen LogP contribution < -0.4 is 5.32 Å². The van der Waals surface area contributed by atoms with Crippen molar-refractivity contribution < 1.29 is 9.47 Å². The Labute approximate surface area is 146 Å². The number of aliphatic imine (C=N–C) groups is 1. The van der Waals surface area contributed by atoms with Crippen LogP contribution in [0.3, 0.4) is 0 Å². The van der Waals surface area contributed by atoms with Crippen LogP contribution in [0.1, 0.15) is 25.3 Å². The molecule has 0 radical (unpaired) electrons. The van der Waals surface area contributed by atoms with Gasteiger partial charge in [-0.3, -0.25) is 4.99 Å². The third kappa shape index (κ3) is 9.40. The molecule has 0 bridgehead atoms. The average Bonchev–Trinajstić information content (AvgIpc) is 2.62. The number of methoxy groups -OCH3 is 1. The van der Waals surface area contributed by atoms with Crippen LogP contribution in [0, 0.1) is 0 Å². The molecule has 24 heavy (non-hydrogen) atoms. The van der Waals surface area contributed by atoms with Crippen molar-refractivity contribution in [3.8, 4) is 0 Å². The smallest absolute Gasteiger partial charge is 0.0928 e. The van der Waals surface area contributed by atoms with Crippen LogP contribution in [0.2, 0.25) is 0 Å². The van der Waals surface area contributed by atoms with Gasteiger partial charge in [-0.15, -0.1) is 0 Å².